The second-order valence-corrected chi connectivity index (χ2v) is 6.34. The molecule has 1 aliphatic carbocycles. The lowest BCUT2D eigenvalue weighted by atomic mass is 10.0. The third-order valence-corrected chi connectivity index (χ3v) is 4.97. The molecule has 0 aromatic heterocycles. The SMILES string of the molecule is CC1(C)C(NCC2CCOCC2)C1(C)C. The van der Waals surface area contributed by atoms with E-state index in [9.17, 15) is 0 Å². The quantitative estimate of drug-likeness (QED) is 0.774. The minimum absolute atomic E-state index is 0.470. The van der Waals surface area contributed by atoms with Crippen LogP contribution < -0.4 is 5.32 Å². The zero-order valence-corrected chi connectivity index (χ0v) is 10.6. The van der Waals surface area contributed by atoms with Crippen molar-refractivity contribution in [3.63, 3.8) is 0 Å². The Balaban J connectivity index is 1.75. The van der Waals surface area contributed by atoms with Crippen LogP contribution in [0.5, 0.6) is 0 Å². The van der Waals surface area contributed by atoms with Gasteiger partial charge in [0.15, 0.2) is 0 Å². The van der Waals surface area contributed by atoms with Crippen LogP contribution in [0.4, 0.5) is 0 Å². The summed E-state index contributed by atoms with van der Waals surface area (Å²) in [7, 11) is 0. The Bertz CT molecular complexity index is 215. The second-order valence-electron chi connectivity index (χ2n) is 6.34. The first-order chi connectivity index (χ1) is 6.96. The van der Waals surface area contributed by atoms with E-state index < -0.39 is 0 Å². The first-order valence-electron chi connectivity index (χ1n) is 6.27. The van der Waals surface area contributed by atoms with Gasteiger partial charge in [-0.3, -0.25) is 0 Å². The smallest absolute Gasteiger partial charge is 0.0469 e. The van der Waals surface area contributed by atoms with Crippen LogP contribution in [0.25, 0.3) is 0 Å². The van der Waals surface area contributed by atoms with Crippen LogP contribution in [0.15, 0.2) is 0 Å². The molecule has 0 radical (unpaired) electrons. The largest absolute Gasteiger partial charge is 0.381 e. The maximum atomic E-state index is 5.38. The lowest BCUT2D eigenvalue weighted by Crippen LogP contribution is -2.31. The van der Waals surface area contributed by atoms with Gasteiger partial charge in [-0.05, 0) is 36.1 Å². The van der Waals surface area contributed by atoms with Gasteiger partial charge in [0.2, 0.25) is 0 Å². The first-order valence-corrected chi connectivity index (χ1v) is 6.27. The van der Waals surface area contributed by atoms with Crippen molar-refractivity contribution in [3.8, 4) is 0 Å². The fourth-order valence-corrected chi connectivity index (χ4v) is 2.94. The molecule has 88 valence electrons. The van der Waals surface area contributed by atoms with Crippen molar-refractivity contribution in [2.45, 2.75) is 46.6 Å². The van der Waals surface area contributed by atoms with Crippen LogP contribution in [-0.2, 0) is 4.74 Å². The Morgan fingerprint density at radius 1 is 1.07 bits per heavy atom. The molecule has 0 amide bonds. The third-order valence-electron chi connectivity index (χ3n) is 4.97. The van der Waals surface area contributed by atoms with Gasteiger partial charge in [0.05, 0.1) is 0 Å². The van der Waals surface area contributed by atoms with Crippen LogP contribution in [0.2, 0.25) is 0 Å². The van der Waals surface area contributed by atoms with Crippen molar-refractivity contribution in [1.29, 1.82) is 0 Å². The minimum atomic E-state index is 0.470. The van der Waals surface area contributed by atoms with Gasteiger partial charge in [-0.1, -0.05) is 27.7 Å². The van der Waals surface area contributed by atoms with Crippen LogP contribution in [-0.4, -0.2) is 25.8 Å². The number of hydrogen-bond acceptors (Lipinski definition) is 2. The molecule has 1 aliphatic heterocycles. The molecule has 2 fully saturated rings. The van der Waals surface area contributed by atoms with Gasteiger partial charge in [-0.15, -0.1) is 0 Å². The maximum absolute atomic E-state index is 5.38. The summed E-state index contributed by atoms with van der Waals surface area (Å²) in [4.78, 5) is 0. The molecule has 1 N–H and O–H groups in total. The van der Waals surface area contributed by atoms with Crippen molar-refractivity contribution in [1.82, 2.24) is 5.32 Å². The Morgan fingerprint density at radius 2 is 1.60 bits per heavy atom. The van der Waals surface area contributed by atoms with Gasteiger partial charge in [0.1, 0.15) is 0 Å². The summed E-state index contributed by atoms with van der Waals surface area (Å²) >= 11 is 0. The van der Waals surface area contributed by atoms with Crippen molar-refractivity contribution >= 4 is 0 Å². The highest BCUT2D eigenvalue weighted by atomic mass is 16.5. The van der Waals surface area contributed by atoms with E-state index in [1.165, 1.54) is 19.4 Å². The minimum Gasteiger partial charge on any atom is -0.381 e. The molecule has 0 spiro atoms. The third kappa shape index (κ3) is 1.94. The number of hydrogen-bond donors (Lipinski definition) is 1. The highest BCUT2D eigenvalue weighted by Gasteiger charge is 2.64. The molecule has 1 saturated heterocycles. The standard InChI is InChI=1S/C13H25NO/c1-12(2)11(13(12,3)4)14-9-10-5-7-15-8-6-10/h10-11,14H,5-9H2,1-4H3. The van der Waals surface area contributed by atoms with Crippen molar-refractivity contribution in [2.24, 2.45) is 16.7 Å². The van der Waals surface area contributed by atoms with E-state index in [4.69, 9.17) is 4.74 Å². The Morgan fingerprint density at radius 3 is 2.07 bits per heavy atom. The normalized spacial score (nSPS) is 30.4. The highest BCUT2D eigenvalue weighted by Crippen LogP contribution is 2.62. The summed E-state index contributed by atoms with van der Waals surface area (Å²) in [5.74, 6) is 0.839. The van der Waals surface area contributed by atoms with Gasteiger partial charge in [0.25, 0.3) is 0 Å². The van der Waals surface area contributed by atoms with E-state index in [-0.39, 0.29) is 0 Å². The van der Waals surface area contributed by atoms with Gasteiger partial charge >= 0.3 is 0 Å². The molecular formula is C13H25NO. The van der Waals surface area contributed by atoms with Crippen LogP contribution in [0.1, 0.15) is 40.5 Å². The van der Waals surface area contributed by atoms with E-state index >= 15 is 0 Å². The van der Waals surface area contributed by atoms with E-state index in [0.717, 1.165) is 19.1 Å². The molecule has 2 nitrogen and oxygen atoms in total. The van der Waals surface area contributed by atoms with Gasteiger partial charge in [-0.25, -0.2) is 0 Å². The molecule has 2 rings (SSSR count). The molecular weight excluding hydrogens is 186 g/mol. The van der Waals surface area contributed by atoms with Gasteiger partial charge in [0, 0.05) is 19.3 Å². The predicted molar refractivity (Wildman–Crippen MR) is 62.9 cm³/mol. The molecule has 0 atom stereocenters. The van der Waals surface area contributed by atoms with Crippen LogP contribution in [0, 0.1) is 16.7 Å². The molecule has 1 saturated carbocycles. The average Bonchev–Trinajstić information content (AvgIpc) is 2.57. The lowest BCUT2D eigenvalue weighted by molar-refractivity contribution is 0.0658. The lowest BCUT2D eigenvalue weighted by Gasteiger charge is -2.22. The fraction of sp³-hybridized carbons (Fsp3) is 1.00. The van der Waals surface area contributed by atoms with E-state index in [1.807, 2.05) is 0 Å². The molecule has 15 heavy (non-hydrogen) atoms. The van der Waals surface area contributed by atoms with E-state index in [0.29, 0.717) is 16.9 Å². The number of rotatable bonds is 3. The maximum Gasteiger partial charge on any atom is 0.0469 e. The average molecular weight is 211 g/mol. The summed E-state index contributed by atoms with van der Waals surface area (Å²) in [6.45, 7) is 12.6. The van der Waals surface area contributed by atoms with Crippen LogP contribution >= 0.6 is 0 Å². The molecule has 0 bridgehead atoms. The summed E-state index contributed by atoms with van der Waals surface area (Å²) in [6.07, 6.45) is 2.47. The Kier molecular flexibility index (Phi) is 2.85. The van der Waals surface area contributed by atoms with Gasteiger partial charge < -0.3 is 10.1 Å². The fourth-order valence-electron chi connectivity index (χ4n) is 2.94. The zero-order chi connectivity index (χ0) is 11.1. The number of ether oxygens (including phenoxy) is 1. The van der Waals surface area contributed by atoms with Gasteiger partial charge in [-0.2, -0.15) is 0 Å². The second kappa shape index (κ2) is 3.74. The highest BCUT2D eigenvalue weighted by molar-refractivity contribution is 5.17. The van der Waals surface area contributed by atoms with Crippen molar-refractivity contribution < 1.29 is 4.74 Å². The molecule has 2 aliphatic rings. The van der Waals surface area contributed by atoms with E-state index in [1.54, 1.807) is 0 Å². The monoisotopic (exact) mass is 211 g/mol. The predicted octanol–water partition coefficient (Wildman–Crippen LogP) is 2.44. The summed E-state index contributed by atoms with van der Waals surface area (Å²) < 4.78 is 5.38. The van der Waals surface area contributed by atoms with Crippen molar-refractivity contribution in [3.05, 3.63) is 0 Å². The summed E-state index contributed by atoms with van der Waals surface area (Å²) in [5.41, 5.74) is 0.941. The number of nitrogens with one attached hydrogen (secondary N) is 1. The summed E-state index contributed by atoms with van der Waals surface area (Å²) in [6, 6.07) is 0.702. The summed E-state index contributed by atoms with van der Waals surface area (Å²) in [5, 5.41) is 3.75. The Labute approximate surface area is 93.8 Å². The van der Waals surface area contributed by atoms with Crippen molar-refractivity contribution in [2.75, 3.05) is 19.8 Å². The Hall–Kier alpha value is -0.0800. The molecule has 0 aromatic carbocycles. The molecule has 0 aromatic rings. The first kappa shape index (κ1) is 11.4. The zero-order valence-electron chi connectivity index (χ0n) is 10.6. The van der Waals surface area contributed by atoms with Crippen LogP contribution in [0.3, 0.4) is 0 Å². The molecule has 0 unspecified atom stereocenters. The van der Waals surface area contributed by atoms with E-state index in [2.05, 4.69) is 33.0 Å². The topological polar surface area (TPSA) is 21.3 Å². The molecule has 1 heterocycles. The molecule has 2 heteroatoms.